The van der Waals surface area contributed by atoms with Crippen LogP contribution in [-0.4, -0.2) is 79.6 Å². The Morgan fingerprint density at radius 3 is 2.57 bits per heavy atom. The van der Waals surface area contributed by atoms with Crippen LogP contribution in [0.1, 0.15) is 24.2 Å². The first-order chi connectivity index (χ1) is 13.3. The normalized spacial score (nSPS) is 15.8. The first-order valence-corrected chi connectivity index (χ1v) is 9.33. The molecule has 2 amide bonds. The summed E-state index contributed by atoms with van der Waals surface area (Å²) in [5.41, 5.74) is 6.07. The van der Waals surface area contributed by atoms with Crippen molar-refractivity contribution < 1.29 is 24.2 Å². The van der Waals surface area contributed by atoms with E-state index in [0.29, 0.717) is 44.1 Å². The molecule has 1 aliphatic heterocycles. The van der Waals surface area contributed by atoms with Gasteiger partial charge in [0.1, 0.15) is 12.7 Å². The number of aliphatic hydroxyl groups is 1. The fourth-order valence-corrected chi connectivity index (χ4v) is 2.56. The molecule has 1 aromatic carbocycles. The van der Waals surface area contributed by atoms with Crippen LogP contribution < -0.4 is 16.4 Å². The van der Waals surface area contributed by atoms with Gasteiger partial charge in [-0.1, -0.05) is 0 Å². The molecule has 0 bridgehead atoms. The Balaban J connectivity index is 1.67. The Morgan fingerprint density at radius 2 is 1.93 bits per heavy atom. The van der Waals surface area contributed by atoms with Crippen LogP contribution in [0, 0.1) is 0 Å². The smallest absolute Gasteiger partial charge is 0.338 e. The molecule has 1 aromatic rings. The fraction of sp³-hybridized carbons (Fsp3) is 0.579. The monoisotopic (exact) mass is 394 g/mol. The average Bonchev–Trinajstić information content (AvgIpc) is 2.70. The second kappa shape index (κ2) is 10.3. The summed E-state index contributed by atoms with van der Waals surface area (Å²) in [7, 11) is 0. The number of morpholine rings is 1. The van der Waals surface area contributed by atoms with E-state index in [1.165, 1.54) is 0 Å². The van der Waals surface area contributed by atoms with E-state index in [4.69, 9.17) is 15.2 Å². The minimum absolute atomic E-state index is 0.129. The van der Waals surface area contributed by atoms with E-state index in [-0.39, 0.29) is 19.2 Å². The Bertz CT molecular complexity index is 644. The summed E-state index contributed by atoms with van der Waals surface area (Å²) in [5, 5.41) is 16.1. The molecule has 9 nitrogen and oxygen atoms in total. The van der Waals surface area contributed by atoms with Gasteiger partial charge < -0.3 is 35.8 Å². The van der Waals surface area contributed by atoms with Crippen LogP contribution in [0.4, 0.5) is 10.5 Å². The number of aliphatic hydroxyl groups excluding tert-OH is 1. The standard InChI is InChI=1S/C19H30N4O5/c1-19(2,13-21-18(26)23-7-9-27-10-8-23)22-11-16(24)12-28-17(25)14-3-5-15(20)6-4-14/h3-6,16,22,24H,7-13,20H2,1-2H3,(H,21,26). The second-order valence-electron chi connectivity index (χ2n) is 7.40. The third-order valence-electron chi connectivity index (χ3n) is 4.35. The number of esters is 1. The van der Waals surface area contributed by atoms with Gasteiger partial charge in [-0.2, -0.15) is 0 Å². The molecule has 0 aromatic heterocycles. The number of hydrogen-bond acceptors (Lipinski definition) is 7. The lowest BCUT2D eigenvalue weighted by Gasteiger charge is -2.31. The number of benzene rings is 1. The molecule has 0 aliphatic carbocycles. The van der Waals surface area contributed by atoms with Gasteiger partial charge in [0, 0.05) is 37.4 Å². The number of carbonyl (C=O) groups excluding carboxylic acids is 2. The van der Waals surface area contributed by atoms with Crippen molar-refractivity contribution in [1.82, 2.24) is 15.5 Å². The summed E-state index contributed by atoms with van der Waals surface area (Å²) < 4.78 is 10.3. The summed E-state index contributed by atoms with van der Waals surface area (Å²) in [6.45, 7) is 6.57. The van der Waals surface area contributed by atoms with E-state index in [0.717, 1.165) is 0 Å². The number of hydrogen-bond donors (Lipinski definition) is 4. The minimum atomic E-state index is -0.869. The number of nitrogens with one attached hydrogen (secondary N) is 2. The molecule has 1 saturated heterocycles. The van der Waals surface area contributed by atoms with Crippen molar-refractivity contribution in [2.75, 3.05) is 51.7 Å². The maximum absolute atomic E-state index is 12.1. The highest BCUT2D eigenvalue weighted by Gasteiger charge is 2.23. The van der Waals surface area contributed by atoms with Crippen LogP contribution in [0.15, 0.2) is 24.3 Å². The largest absolute Gasteiger partial charge is 0.459 e. The van der Waals surface area contributed by atoms with E-state index in [9.17, 15) is 14.7 Å². The predicted octanol–water partition coefficient (Wildman–Crippen LogP) is 0.197. The molecule has 9 heteroatoms. The van der Waals surface area contributed by atoms with Crippen LogP contribution >= 0.6 is 0 Å². The van der Waals surface area contributed by atoms with Gasteiger partial charge in [-0.25, -0.2) is 9.59 Å². The highest BCUT2D eigenvalue weighted by molar-refractivity contribution is 5.89. The molecule has 1 heterocycles. The van der Waals surface area contributed by atoms with Gasteiger partial charge in [0.15, 0.2) is 0 Å². The number of amides is 2. The fourth-order valence-electron chi connectivity index (χ4n) is 2.56. The lowest BCUT2D eigenvalue weighted by molar-refractivity contribution is 0.0244. The molecule has 28 heavy (non-hydrogen) atoms. The molecule has 1 aliphatic rings. The van der Waals surface area contributed by atoms with Gasteiger partial charge in [0.25, 0.3) is 0 Å². The van der Waals surface area contributed by atoms with Crippen molar-refractivity contribution >= 4 is 17.7 Å². The SMILES string of the molecule is CC(C)(CNC(=O)N1CCOCC1)NCC(O)COC(=O)c1ccc(N)cc1. The quantitative estimate of drug-likeness (QED) is 0.366. The summed E-state index contributed by atoms with van der Waals surface area (Å²) >= 11 is 0. The summed E-state index contributed by atoms with van der Waals surface area (Å²) in [4.78, 5) is 25.8. The maximum Gasteiger partial charge on any atom is 0.338 e. The molecule has 0 radical (unpaired) electrons. The topological polar surface area (TPSA) is 126 Å². The lowest BCUT2D eigenvalue weighted by atomic mass is 10.1. The Morgan fingerprint density at radius 1 is 1.29 bits per heavy atom. The third-order valence-corrected chi connectivity index (χ3v) is 4.35. The zero-order chi connectivity index (χ0) is 20.6. The van der Waals surface area contributed by atoms with Crippen molar-refractivity contribution in [2.24, 2.45) is 0 Å². The molecule has 156 valence electrons. The number of ether oxygens (including phenoxy) is 2. The summed E-state index contributed by atoms with van der Waals surface area (Å²) in [5.74, 6) is -0.518. The van der Waals surface area contributed by atoms with Gasteiger partial charge in [-0.3, -0.25) is 0 Å². The zero-order valence-electron chi connectivity index (χ0n) is 16.4. The van der Waals surface area contributed by atoms with Crippen molar-refractivity contribution in [2.45, 2.75) is 25.5 Å². The molecule has 1 atom stereocenters. The second-order valence-corrected chi connectivity index (χ2v) is 7.40. The van der Waals surface area contributed by atoms with Crippen molar-refractivity contribution in [3.63, 3.8) is 0 Å². The number of carbonyl (C=O) groups is 2. The number of nitrogens with two attached hydrogens (primary N) is 1. The molecule has 2 rings (SSSR count). The number of rotatable bonds is 8. The van der Waals surface area contributed by atoms with E-state index in [2.05, 4.69) is 10.6 Å². The number of anilines is 1. The van der Waals surface area contributed by atoms with Gasteiger partial charge in [-0.05, 0) is 38.1 Å². The minimum Gasteiger partial charge on any atom is -0.459 e. The zero-order valence-corrected chi connectivity index (χ0v) is 16.4. The Kier molecular flexibility index (Phi) is 8.04. The molecular formula is C19H30N4O5. The molecular weight excluding hydrogens is 364 g/mol. The highest BCUT2D eigenvalue weighted by Crippen LogP contribution is 2.07. The average molecular weight is 394 g/mol. The number of β-amino-alcohol motifs (C(OH)–C–C–N with tert-alkyl or cyclic N) is 1. The van der Waals surface area contributed by atoms with Crippen LogP contribution in [-0.2, 0) is 9.47 Å². The summed E-state index contributed by atoms with van der Waals surface area (Å²) in [6, 6.07) is 6.24. The first-order valence-electron chi connectivity index (χ1n) is 9.33. The first kappa shape index (κ1) is 21.9. The van der Waals surface area contributed by atoms with E-state index < -0.39 is 17.6 Å². The van der Waals surface area contributed by atoms with Crippen LogP contribution in [0.3, 0.4) is 0 Å². The highest BCUT2D eigenvalue weighted by atomic mass is 16.5. The van der Waals surface area contributed by atoms with Crippen molar-refractivity contribution in [3.8, 4) is 0 Å². The van der Waals surface area contributed by atoms with Crippen LogP contribution in [0.2, 0.25) is 0 Å². The lowest BCUT2D eigenvalue weighted by Crippen LogP contribution is -2.54. The summed E-state index contributed by atoms with van der Waals surface area (Å²) in [6.07, 6.45) is -0.869. The third kappa shape index (κ3) is 7.34. The number of nitrogens with zero attached hydrogens (tertiary/aromatic N) is 1. The van der Waals surface area contributed by atoms with Crippen molar-refractivity contribution in [1.29, 1.82) is 0 Å². The van der Waals surface area contributed by atoms with Gasteiger partial charge in [0.05, 0.1) is 18.8 Å². The molecule has 0 spiro atoms. The van der Waals surface area contributed by atoms with Crippen LogP contribution in [0.25, 0.3) is 0 Å². The molecule has 1 unspecified atom stereocenters. The van der Waals surface area contributed by atoms with Gasteiger partial charge in [0.2, 0.25) is 0 Å². The van der Waals surface area contributed by atoms with E-state index >= 15 is 0 Å². The van der Waals surface area contributed by atoms with Crippen LogP contribution in [0.5, 0.6) is 0 Å². The Hall–Kier alpha value is -2.36. The van der Waals surface area contributed by atoms with E-state index in [1.54, 1.807) is 29.2 Å². The Labute approximate surface area is 165 Å². The van der Waals surface area contributed by atoms with Gasteiger partial charge in [-0.15, -0.1) is 0 Å². The predicted molar refractivity (Wildman–Crippen MR) is 105 cm³/mol. The molecule has 1 fully saturated rings. The number of nitrogen functional groups attached to an aromatic ring is 1. The van der Waals surface area contributed by atoms with E-state index in [1.807, 2.05) is 13.8 Å². The number of urea groups is 1. The molecule has 0 saturated carbocycles. The maximum atomic E-state index is 12.1. The van der Waals surface area contributed by atoms with Crippen molar-refractivity contribution in [3.05, 3.63) is 29.8 Å². The molecule has 5 N–H and O–H groups in total. The van der Waals surface area contributed by atoms with Gasteiger partial charge >= 0.3 is 12.0 Å².